The number of alkyl halides is 3. The molecule has 6 rings (SSSR count). The van der Waals surface area contributed by atoms with Gasteiger partial charge in [-0.05, 0) is 38.9 Å². The minimum absolute atomic E-state index is 0.0111. The van der Waals surface area contributed by atoms with Gasteiger partial charge in [0.25, 0.3) is 9.70 Å². The molecule has 6 nitrogen and oxygen atoms in total. The number of hydrogen-bond donors (Lipinski definition) is 2. The number of amides is 1. The van der Waals surface area contributed by atoms with Crippen molar-refractivity contribution in [1.82, 2.24) is 10.2 Å². The van der Waals surface area contributed by atoms with E-state index in [4.69, 9.17) is 44.3 Å². The topological polar surface area (TPSA) is 71.0 Å². The van der Waals surface area contributed by atoms with E-state index >= 15 is 0 Å². The number of hydrogen-bond acceptors (Lipinski definition) is 5. The molecule has 1 heterocycles. The Morgan fingerprint density at radius 1 is 0.720 bits per heavy atom. The molecule has 0 aliphatic carbocycles. The molecule has 0 radical (unpaired) electrons. The van der Waals surface area contributed by atoms with Crippen LogP contribution in [-0.4, -0.2) is 32.4 Å². The minimum Gasteiger partial charge on any atom is -0.392 e. The lowest BCUT2D eigenvalue weighted by atomic mass is 9.97. The van der Waals surface area contributed by atoms with E-state index in [9.17, 15) is 9.90 Å². The van der Waals surface area contributed by atoms with Gasteiger partial charge < -0.3 is 19.9 Å². The van der Waals surface area contributed by atoms with Crippen molar-refractivity contribution in [2.24, 2.45) is 0 Å². The number of aliphatic hydroxyl groups is 1. The molecule has 3 atom stereocenters. The van der Waals surface area contributed by atoms with Crippen LogP contribution in [0, 0.1) is 0 Å². The Morgan fingerprint density at radius 2 is 1.30 bits per heavy atom. The zero-order valence-corrected chi connectivity index (χ0v) is 29.7. The summed E-state index contributed by atoms with van der Waals surface area (Å²) < 4.78 is 11.4. The zero-order chi connectivity index (χ0) is 34.9. The Kier molecular flexibility index (Phi) is 12.3. The lowest BCUT2D eigenvalue weighted by Crippen LogP contribution is -2.39. The summed E-state index contributed by atoms with van der Waals surface area (Å²) in [5.41, 5.74) is 8.08. The fourth-order valence-corrected chi connectivity index (χ4v) is 6.44. The molecule has 0 spiro atoms. The molecule has 9 heteroatoms. The second kappa shape index (κ2) is 17.0. The molecule has 0 aromatic heterocycles. The maximum atomic E-state index is 12.2. The van der Waals surface area contributed by atoms with Crippen molar-refractivity contribution in [3.05, 3.63) is 167 Å². The van der Waals surface area contributed by atoms with Crippen LogP contribution >= 0.6 is 34.8 Å². The van der Waals surface area contributed by atoms with Crippen LogP contribution < -0.4 is 5.32 Å². The molecule has 258 valence electrons. The van der Waals surface area contributed by atoms with Crippen LogP contribution in [0.2, 0.25) is 0 Å². The Morgan fingerprint density at radius 3 is 1.90 bits per heavy atom. The largest absolute Gasteiger partial charge is 0.392 e. The first-order valence-corrected chi connectivity index (χ1v) is 17.7. The van der Waals surface area contributed by atoms with Gasteiger partial charge in [0, 0.05) is 38.2 Å². The van der Waals surface area contributed by atoms with Crippen molar-refractivity contribution < 1.29 is 19.4 Å². The summed E-state index contributed by atoms with van der Waals surface area (Å²) >= 11 is 17.3. The summed E-state index contributed by atoms with van der Waals surface area (Å²) in [6, 6.07) is 44.9. The third-order valence-corrected chi connectivity index (χ3v) is 9.30. The Labute approximate surface area is 308 Å². The summed E-state index contributed by atoms with van der Waals surface area (Å²) in [6.07, 6.45) is -0.241. The minimum atomic E-state index is -2.03. The summed E-state index contributed by atoms with van der Waals surface area (Å²) in [4.78, 5) is 14.6. The van der Waals surface area contributed by atoms with Crippen molar-refractivity contribution in [2.75, 3.05) is 6.54 Å². The quantitative estimate of drug-likeness (QED) is 0.126. The van der Waals surface area contributed by atoms with Gasteiger partial charge in [-0.25, -0.2) is 0 Å². The van der Waals surface area contributed by atoms with Gasteiger partial charge in [-0.2, -0.15) is 0 Å². The molecule has 1 saturated heterocycles. The third kappa shape index (κ3) is 9.74. The highest BCUT2D eigenvalue weighted by Crippen LogP contribution is 2.39. The van der Waals surface area contributed by atoms with Gasteiger partial charge in [0.05, 0.1) is 18.8 Å². The molecule has 50 heavy (non-hydrogen) atoms. The van der Waals surface area contributed by atoms with Gasteiger partial charge in [0.15, 0.2) is 6.29 Å². The zero-order valence-electron chi connectivity index (χ0n) is 27.4. The number of carbonyl (C=O) groups excluding carboxylic acids is 1. The number of nitrogens with one attached hydrogen (secondary N) is 1. The van der Waals surface area contributed by atoms with E-state index in [1.807, 2.05) is 84.9 Å². The van der Waals surface area contributed by atoms with Gasteiger partial charge in [-0.1, -0.05) is 168 Å². The fraction of sp³-hybridized carbons (Fsp3) is 0.244. The Hall–Kier alpha value is -3.72. The first-order chi connectivity index (χ1) is 24.2. The highest BCUT2D eigenvalue weighted by Gasteiger charge is 2.34. The average molecular weight is 730 g/mol. The number of aliphatic hydroxyl groups excluding tert-OH is 1. The molecule has 1 amide bonds. The normalized spacial score (nSPS) is 17.8. The number of nitrogens with zero attached hydrogens (tertiary/aromatic N) is 1. The molecule has 0 unspecified atom stereocenters. The number of carbonyl (C=O) groups is 1. The molecular formula is C41H39Cl3N2O4. The van der Waals surface area contributed by atoms with E-state index in [0.29, 0.717) is 13.0 Å². The molecule has 1 aliphatic heterocycles. The standard InChI is InChI=1S/C41H39Cl3N2O4/c42-41(43,44)40(48)45-24-35-13-7-8-14-37(35)32-19-21-34(22-20-32)39-49-36(23-38(50-39)33-17-15-31(28-47)16-18-33)27-46(25-29-9-3-1-4-10-29)26-30-11-5-2-6-12-30/h1-22,36,38-39,47H,23-28H2,(H,45,48)/t36-,38+,39+/m1/s1. The average Bonchev–Trinajstić information content (AvgIpc) is 3.14. The predicted octanol–water partition coefficient (Wildman–Crippen LogP) is 9.08. The third-order valence-electron chi connectivity index (χ3n) is 8.78. The van der Waals surface area contributed by atoms with Crippen LogP contribution in [0.3, 0.4) is 0 Å². The van der Waals surface area contributed by atoms with E-state index in [0.717, 1.165) is 46.5 Å². The first kappa shape index (κ1) is 36.1. The van der Waals surface area contributed by atoms with Crippen molar-refractivity contribution in [1.29, 1.82) is 0 Å². The monoisotopic (exact) mass is 728 g/mol. The van der Waals surface area contributed by atoms with Crippen molar-refractivity contribution in [2.45, 2.75) is 55.0 Å². The number of rotatable bonds is 12. The van der Waals surface area contributed by atoms with E-state index < -0.39 is 16.0 Å². The molecule has 2 N–H and O–H groups in total. The lowest BCUT2D eigenvalue weighted by Gasteiger charge is -2.38. The second-order valence-electron chi connectivity index (χ2n) is 12.5. The van der Waals surface area contributed by atoms with Crippen LogP contribution in [-0.2, 0) is 40.5 Å². The van der Waals surface area contributed by atoms with Crippen LogP contribution in [0.1, 0.15) is 52.2 Å². The number of benzene rings is 5. The summed E-state index contributed by atoms with van der Waals surface area (Å²) in [5.74, 6) is -0.680. The molecule has 1 aliphatic rings. The smallest absolute Gasteiger partial charge is 0.272 e. The van der Waals surface area contributed by atoms with Crippen molar-refractivity contribution in [3.8, 4) is 11.1 Å². The van der Waals surface area contributed by atoms with Crippen LogP contribution in [0.15, 0.2) is 133 Å². The fourth-order valence-electron chi connectivity index (χ4n) is 6.24. The molecule has 0 saturated carbocycles. The van der Waals surface area contributed by atoms with Gasteiger partial charge in [-0.3, -0.25) is 9.69 Å². The Bertz CT molecular complexity index is 1780. The van der Waals surface area contributed by atoms with Crippen LogP contribution in [0.25, 0.3) is 11.1 Å². The van der Waals surface area contributed by atoms with Gasteiger partial charge >= 0.3 is 0 Å². The molecule has 5 aromatic carbocycles. The van der Waals surface area contributed by atoms with E-state index in [-0.39, 0.29) is 25.4 Å². The maximum absolute atomic E-state index is 12.2. The van der Waals surface area contributed by atoms with Crippen molar-refractivity contribution in [3.63, 3.8) is 0 Å². The molecular weight excluding hydrogens is 691 g/mol. The van der Waals surface area contributed by atoms with Crippen LogP contribution in [0.4, 0.5) is 0 Å². The summed E-state index contributed by atoms with van der Waals surface area (Å²) in [6.45, 7) is 2.48. The van der Waals surface area contributed by atoms with Gasteiger partial charge in [0.1, 0.15) is 0 Å². The van der Waals surface area contributed by atoms with Gasteiger partial charge in [0.2, 0.25) is 0 Å². The predicted molar refractivity (Wildman–Crippen MR) is 199 cm³/mol. The summed E-state index contributed by atoms with van der Waals surface area (Å²) in [5, 5.41) is 12.3. The molecule has 0 bridgehead atoms. The number of halogens is 3. The number of ether oxygens (including phenoxy) is 2. The Balaban J connectivity index is 1.24. The summed E-state index contributed by atoms with van der Waals surface area (Å²) in [7, 11) is 0. The van der Waals surface area contributed by atoms with Gasteiger partial charge in [-0.15, -0.1) is 0 Å². The second-order valence-corrected chi connectivity index (χ2v) is 14.7. The highest BCUT2D eigenvalue weighted by molar-refractivity contribution is 6.76. The lowest BCUT2D eigenvalue weighted by molar-refractivity contribution is -0.253. The first-order valence-electron chi connectivity index (χ1n) is 16.6. The van der Waals surface area contributed by atoms with E-state index in [2.05, 4.69) is 58.7 Å². The van der Waals surface area contributed by atoms with E-state index in [1.54, 1.807) is 0 Å². The highest BCUT2D eigenvalue weighted by atomic mass is 35.6. The van der Waals surface area contributed by atoms with Crippen molar-refractivity contribution >= 4 is 40.7 Å². The maximum Gasteiger partial charge on any atom is 0.272 e. The SMILES string of the molecule is O=C(NCc1ccccc1-c1ccc([C@H]2O[C@@H](CN(Cc3ccccc3)Cc3ccccc3)C[C@@H](c3ccc(CO)cc3)O2)cc1)C(Cl)(Cl)Cl. The molecule has 5 aromatic rings. The van der Waals surface area contributed by atoms with E-state index in [1.165, 1.54) is 11.1 Å². The van der Waals surface area contributed by atoms with Crippen LogP contribution in [0.5, 0.6) is 0 Å². The molecule has 1 fully saturated rings.